The van der Waals surface area contributed by atoms with Crippen LogP contribution < -0.4 is 5.69 Å². The summed E-state index contributed by atoms with van der Waals surface area (Å²) in [6.07, 6.45) is 3.02. The van der Waals surface area contributed by atoms with Crippen LogP contribution in [0, 0.1) is 0 Å². The number of halogens is 1. The lowest BCUT2D eigenvalue weighted by Crippen LogP contribution is -1.99. The van der Waals surface area contributed by atoms with Crippen molar-refractivity contribution in [1.82, 2.24) is 15.0 Å². The SMILES string of the molecule is O=c1[nH]c2cncc(Cl)c2[nH]1. The summed E-state index contributed by atoms with van der Waals surface area (Å²) in [7, 11) is 0. The largest absolute Gasteiger partial charge is 0.323 e. The average Bonchev–Trinajstić information content (AvgIpc) is 2.31. The predicted molar refractivity (Wildman–Crippen MR) is 41.7 cm³/mol. The molecule has 2 aromatic heterocycles. The molecule has 0 amide bonds. The van der Waals surface area contributed by atoms with E-state index in [0.717, 1.165) is 0 Å². The Bertz CT molecular complexity index is 444. The van der Waals surface area contributed by atoms with Crippen LogP contribution in [0.25, 0.3) is 11.0 Å². The van der Waals surface area contributed by atoms with E-state index in [1.54, 1.807) is 6.20 Å². The smallest absolute Gasteiger partial charge is 0.304 e. The molecule has 56 valence electrons. The minimum atomic E-state index is -0.269. The Morgan fingerprint density at radius 1 is 1.36 bits per heavy atom. The number of nitrogens with one attached hydrogen (secondary N) is 2. The zero-order valence-corrected chi connectivity index (χ0v) is 6.14. The molecular formula is C6H4ClN3O. The highest BCUT2D eigenvalue weighted by Gasteiger charge is 2.00. The number of H-pyrrole nitrogens is 2. The van der Waals surface area contributed by atoms with Gasteiger partial charge in [-0.1, -0.05) is 11.6 Å². The first-order chi connectivity index (χ1) is 5.27. The standard InChI is InChI=1S/C6H4ClN3O/c7-3-1-8-2-4-5(3)10-6(11)9-4/h1-2H,(H2,9,10,11). The summed E-state index contributed by atoms with van der Waals surface area (Å²) >= 11 is 5.72. The van der Waals surface area contributed by atoms with Crippen LogP contribution in [-0.2, 0) is 0 Å². The Labute approximate surface area is 66.2 Å². The summed E-state index contributed by atoms with van der Waals surface area (Å²) in [5.74, 6) is 0. The Morgan fingerprint density at radius 3 is 2.91 bits per heavy atom. The third kappa shape index (κ3) is 0.914. The van der Waals surface area contributed by atoms with Gasteiger partial charge in [0.15, 0.2) is 0 Å². The zero-order valence-electron chi connectivity index (χ0n) is 5.39. The molecule has 0 aliphatic carbocycles. The summed E-state index contributed by atoms with van der Waals surface area (Å²) in [6, 6.07) is 0. The number of pyridine rings is 1. The molecule has 2 N–H and O–H groups in total. The van der Waals surface area contributed by atoms with Crippen molar-refractivity contribution in [2.75, 3.05) is 0 Å². The van der Waals surface area contributed by atoms with E-state index in [0.29, 0.717) is 16.1 Å². The highest BCUT2D eigenvalue weighted by Crippen LogP contribution is 2.15. The van der Waals surface area contributed by atoms with Gasteiger partial charge >= 0.3 is 5.69 Å². The topological polar surface area (TPSA) is 61.5 Å². The highest BCUT2D eigenvalue weighted by atomic mass is 35.5. The van der Waals surface area contributed by atoms with Crippen LogP contribution in [0.2, 0.25) is 5.02 Å². The quantitative estimate of drug-likeness (QED) is 0.616. The van der Waals surface area contributed by atoms with E-state index in [1.165, 1.54) is 6.20 Å². The maximum Gasteiger partial charge on any atom is 0.323 e. The van der Waals surface area contributed by atoms with Crippen LogP contribution in [0.1, 0.15) is 0 Å². The second kappa shape index (κ2) is 2.10. The third-order valence-electron chi connectivity index (χ3n) is 1.39. The van der Waals surface area contributed by atoms with E-state index in [4.69, 9.17) is 11.6 Å². The van der Waals surface area contributed by atoms with Gasteiger partial charge in [0.1, 0.15) is 0 Å². The number of hydrogen-bond acceptors (Lipinski definition) is 2. The van der Waals surface area contributed by atoms with Gasteiger partial charge in [0.05, 0.1) is 22.3 Å². The van der Waals surface area contributed by atoms with Gasteiger partial charge < -0.3 is 9.97 Å². The van der Waals surface area contributed by atoms with Gasteiger partial charge in [-0.05, 0) is 0 Å². The van der Waals surface area contributed by atoms with Crippen LogP contribution in [0.4, 0.5) is 0 Å². The molecule has 0 fully saturated rings. The molecule has 0 aliphatic heterocycles. The normalized spacial score (nSPS) is 10.6. The van der Waals surface area contributed by atoms with Gasteiger partial charge in [-0.3, -0.25) is 4.98 Å². The van der Waals surface area contributed by atoms with Gasteiger partial charge in [0.2, 0.25) is 0 Å². The molecule has 2 heterocycles. The van der Waals surface area contributed by atoms with Crippen molar-refractivity contribution in [1.29, 1.82) is 0 Å². The lowest BCUT2D eigenvalue weighted by molar-refractivity contribution is 1.21. The zero-order chi connectivity index (χ0) is 7.84. The molecule has 0 radical (unpaired) electrons. The Balaban J connectivity index is 3.01. The van der Waals surface area contributed by atoms with Crippen molar-refractivity contribution in [3.8, 4) is 0 Å². The molecule has 4 nitrogen and oxygen atoms in total. The van der Waals surface area contributed by atoms with E-state index < -0.39 is 0 Å². The average molecular weight is 170 g/mol. The van der Waals surface area contributed by atoms with Crippen LogP contribution >= 0.6 is 11.6 Å². The maximum absolute atomic E-state index is 10.7. The van der Waals surface area contributed by atoms with E-state index >= 15 is 0 Å². The second-order valence-electron chi connectivity index (χ2n) is 2.12. The number of aromatic nitrogens is 3. The monoisotopic (exact) mass is 169 g/mol. The summed E-state index contributed by atoms with van der Waals surface area (Å²) in [4.78, 5) is 19.6. The van der Waals surface area contributed by atoms with Crippen molar-refractivity contribution in [3.05, 3.63) is 27.9 Å². The van der Waals surface area contributed by atoms with E-state index in [9.17, 15) is 4.79 Å². The molecule has 0 spiro atoms. The summed E-state index contributed by atoms with van der Waals surface area (Å²) < 4.78 is 0. The molecule has 0 bridgehead atoms. The number of aromatic amines is 2. The van der Waals surface area contributed by atoms with E-state index in [2.05, 4.69) is 15.0 Å². The number of nitrogens with zero attached hydrogens (tertiary/aromatic N) is 1. The Morgan fingerprint density at radius 2 is 2.18 bits per heavy atom. The molecule has 0 saturated carbocycles. The van der Waals surface area contributed by atoms with Crippen LogP contribution in [0.15, 0.2) is 17.2 Å². The minimum absolute atomic E-state index is 0.269. The minimum Gasteiger partial charge on any atom is -0.304 e. The molecule has 2 aromatic rings. The Hall–Kier alpha value is -1.29. The van der Waals surface area contributed by atoms with Crippen molar-refractivity contribution < 1.29 is 0 Å². The van der Waals surface area contributed by atoms with Crippen molar-refractivity contribution in [2.45, 2.75) is 0 Å². The first-order valence-electron chi connectivity index (χ1n) is 2.99. The molecule has 0 aromatic carbocycles. The van der Waals surface area contributed by atoms with Crippen molar-refractivity contribution in [3.63, 3.8) is 0 Å². The first-order valence-corrected chi connectivity index (χ1v) is 3.36. The molecular weight excluding hydrogens is 166 g/mol. The molecule has 11 heavy (non-hydrogen) atoms. The molecule has 0 aliphatic rings. The van der Waals surface area contributed by atoms with Crippen LogP contribution in [0.5, 0.6) is 0 Å². The van der Waals surface area contributed by atoms with Crippen LogP contribution in [-0.4, -0.2) is 15.0 Å². The van der Waals surface area contributed by atoms with E-state index in [-0.39, 0.29) is 5.69 Å². The lowest BCUT2D eigenvalue weighted by atomic mass is 10.4. The molecule has 0 atom stereocenters. The summed E-state index contributed by atoms with van der Waals surface area (Å²) in [5.41, 5.74) is 0.962. The lowest BCUT2D eigenvalue weighted by Gasteiger charge is -1.88. The number of fused-ring (bicyclic) bond motifs is 1. The number of hydrogen-bond donors (Lipinski definition) is 2. The molecule has 5 heteroatoms. The van der Waals surface area contributed by atoms with Crippen molar-refractivity contribution in [2.24, 2.45) is 0 Å². The van der Waals surface area contributed by atoms with Gasteiger partial charge in [-0.2, -0.15) is 0 Å². The summed E-state index contributed by atoms with van der Waals surface area (Å²) in [5, 5.41) is 0.445. The molecule has 2 rings (SSSR count). The fourth-order valence-electron chi connectivity index (χ4n) is 0.924. The number of imidazole rings is 1. The van der Waals surface area contributed by atoms with Crippen molar-refractivity contribution >= 4 is 22.6 Å². The van der Waals surface area contributed by atoms with E-state index in [1.807, 2.05) is 0 Å². The van der Waals surface area contributed by atoms with Crippen LogP contribution in [0.3, 0.4) is 0 Å². The fourth-order valence-corrected chi connectivity index (χ4v) is 1.13. The Kier molecular flexibility index (Phi) is 1.22. The number of rotatable bonds is 0. The predicted octanol–water partition coefficient (Wildman–Crippen LogP) is 0.905. The maximum atomic E-state index is 10.7. The fraction of sp³-hybridized carbons (Fsp3) is 0. The molecule has 0 saturated heterocycles. The van der Waals surface area contributed by atoms with Gasteiger partial charge in [-0.25, -0.2) is 4.79 Å². The van der Waals surface area contributed by atoms with Gasteiger partial charge in [-0.15, -0.1) is 0 Å². The highest BCUT2D eigenvalue weighted by molar-refractivity contribution is 6.34. The first kappa shape index (κ1) is 6.42. The second-order valence-corrected chi connectivity index (χ2v) is 2.53. The third-order valence-corrected chi connectivity index (χ3v) is 1.67. The van der Waals surface area contributed by atoms with Gasteiger partial charge in [0, 0.05) is 6.20 Å². The van der Waals surface area contributed by atoms with Gasteiger partial charge in [0.25, 0.3) is 0 Å². The summed E-state index contributed by atoms with van der Waals surface area (Å²) in [6.45, 7) is 0. The molecule has 0 unspecified atom stereocenters.